The zero-order chi connectivity index (χ0) is 23.7. The van der Waals surface area contributed by atoms with E-state index in [0.29, 0.717) is 27.1 Å². The molecule has 0 atom stereocenters. The van der Waals surface area contributed by atoms with Crippen molar-refractivity contribution < 1.29 is 23.8 Å². The summed E-state index contributed by atoms with van der Waals surface area (Å²) in [4.78, 5) is 27.9. The molecule has 0 saturated carbocycles. The Hall–Kier alpha value is -3.20. The van der Waals surface area contributed by atoms with Crippen LogP contribution in [-0.4, -0.2) is 22.0 Å². The summed E-state index contributed by atoms with van der Waals surface area (Å²) in [5, 5.41) is 14.5. The molecule has 2 aromatic heterocycles. The number of benzene rings is 2. The molecule has 2 heterocycles. The van der Waals surface area contributed by atoms with Gasteiger partial charge in [-0.3, -0.25) is 4.79 Å². The number of ether oxygens (including phenoxy) is 1. The first-order chi connectivity index (χ1) is 15.7. The molecule has 0 aliphatic rings. The zero-order valence-corrected chi connectivity index (χ0v) is 19.3. The number of carboxylic acid groups (broad SMARTS) is 1. The third kappa shape index (κ3) is 4.78. The quantitative estimate of drug-likeness (QED) is 0.289. The fraction of sp³-hybridized carbons (Fsp3) is 0.0870. The molecule has 0 saturated heterocycles. The van der Waals surface area contributed by atoms with Crippen LogP contribution in [0.1, 0.15) is 31.8 Å². The van der Waals surface area contributed by atoms with Gasteiger partial charge in [0.1, 0.15) is 23.3 Å². The van der Waals surface area contributed by atoms with Crippen LogP contribution in [0.3, 0.4) is 0 Å². The van der Waals surface area contributed by atoms with Crippen LogP contribution in [-0.2, 0) is 6.61 Å². The summed E-state index contributed by atoms with van der Waals surface area (Å²) >= 11 is 13.2. The lowest BCUT2D eigenvalue weighted by Crippen LogP contribution is -2.12. The van der Waals surface area contributed by atoms with Gasteiger partial charge < -0.3 is 15.2 Å². The first-order valence-electron chi connectivity index (χ1n) is 9.52. The molecule has 2 aromatic carbocycles. The van der Waals surface area contributed by atoms with Gasteiger partial charge in [0.15, 0.2) is 0 Å². The van der Waals surface area contributed by atoms with E-state index in [-0.39, 0.29) is 27.9 Å². The standard InChI is InChI=1S/C23H15Cl2FN2O4S/c1-11-2-4-14(28-22(29)12-3-5-17(26)16(24)6-12)7-18(11)32-9-13-10-33-20-15(23(30)31)8-27-21(25)19(13)20/h2-8,10H,9H2,1H3,(H,28,29)(H,30,31). The summed E-state index contributed by atoms with van der Waals surface area (Å²) in [5.41, 5.74) is 2.29. The lowest BCUT2D eigenvalue weighted by atomic mass is 10.1. The number of fused-ring (bicyclic) bond motifs is 1. The highest BCUT2D eigenvalue weighted by molar-refractivity contribution is 7.17. The summed E-state index contributed by atoms with van der Waals surface area (Å²) in [6.45, 7) is 1.97. The maximum Gasteiger partial charge on any atom is 0.338 e. The van der Waals surface area contributed by atoms with Gasteiger partial charge in [-0.1, -0.05) is 29.3 Å². The number of hydrogen-bond acceptors (Lipinski definition) is 5. The normalized spacial score (nSPS) is 10.9. The number of aryl methyl sites for hydroxylation is 1. The van der Waals surface area contributed by atoms with Gasteiger partial charge in [0.05, 0.1) is 15.3 Å². The zero-order valence-electron chi connectivity index (χ0n) is 17.0. The number of amides is 1. The van der Waals surface area contributed by atoms with Crippen molar-refractivity contribution in [1.29, 1.82) is 0 Å². The summed E-state index contributed by atoms with van der Waals surface area (Å²) in [5.74, 6) is -1.62. The van der Waals surface area contributed by atoms with Gasteiger partial charge in [-0.2, -0.15) is 0 Å². The van der Waals surface area contributed by atoms with Crippen molar-refractivity contribution in [2.45, 2.75) is 13.5 Å². The number of anilines is 1. The molecular formula is C23H15Cl2FN2O4S. The number of carbonyl (C=O) groups excluding carboxylic acids is 1. The predicted octanol–water partition coefficient (Wildman–Crippen LogP) is 6.58. The van der Waals surface area contributed by atoms with E-state index >= 15 is 0 Å². The lowest BCUT2D eigenvalue weighted by molar-refractivity contribution is 0.0698. The molecule has 0 aliphatic heterocycles. The van der Waals surface area contributed by atoms with Crippen molar-refractivity contribution >= 4 is 62.2 Å². The van der Waals surface area contributed by atoms with E-state index in [1.165, 1.54) is 29.7 Å². The highest BCUT2D eigenvalue weighted by Gasteiger charge is 2.18. The van der Waals surface area contributed by atoms with Crippen molar-refractivity contribution in [3.8, 4) is 5.75 Å². The summed E-state index contributed by atoms with van der Waals surface area (Å²) in [7, 11) is 0. The van der Waals surface area contributed by atoms with Gasteiger partial charge in [0.2, 0.25) is 0 Å². The van der Waals surface area contributed by atoms with Gasteiger partial charge in [-0.15, -0.1) is 11.3 Å². The summed E-state index contributed by atoms with van der Waals surface area (Å²) < 4.78 is 19.8. The van der Waals surface area contributed by atoms with E-state index in [2.05, 4.69) is 10.3 Å². The maximum absolute atomic E-state index is 13.4. The molecule has 1 amide bonds. The van der Waals surface area contributed by atoms with Crippen LogP contribution in [0.25, 0.3) is 10.1 Å². The molecule has 0 unspecified atom stereocenters. The number of halogens is 3. The third-order valence-corrected chi connectivity index (χ3v) is 6.50. The second-order valence-corrected chi connectivity index (χ2v) is 8.73. The Bertz CT molecular complexity index is 1410. The van der Waals surface area contributed by atoms with Gasteiger partial charge in [-0.25, -0.2) is 14.2 Å². The number of aromatic nitrogens is 1. The van der Waals surface area contributed by atoms with Crippen molar-refractivity contribution in [1.82, 2.24) is 4.98 Å². The van der Waals surface area contributed by atoms with E-state index in [1.807, 2.05) is 6.92 Å². The summed E-state index contributed by atoms with van der Waals surface area (Å²) in [6, 6.07) is 8.88. The molecular weight excluding hydrogens is 490 g/mol. The van der Waals surface area contributed by atoms with Crippen LogP contribution >= 0.6 is 34.5 Å². The van der Waals surface area contributed by atoms with Crippen molar-refractivity contribution in [3.63, 3.8) is 0 Å². The van der Waals surface area contributed by atoms with E-state index in [4.69, 9.17) is 27.9 Å². The van der Waals surface area contributed by atoms with Crippen LogP contribution in [0.4, 0.5) is 10.1 Å². The number of carboxylic acids is 1. The molecule has 6 nitrogen and oxygen atoms in total. The van der Waals surface area contributed by atoms with Gasteiger partial charge in [0.25, 0.3) is 5.91 Å². The molecule has 0 bridgehead atoms. The first kappa shape index (κ1) is 23.0. The first-order valence-corrected chi connectivity index (χ1v) is 11.2. The Morgan fingerprint density at radius 3 is 2.73 bits per heavy atom. The number of nitrogens with zero attached hydrogens (tertiary/aromatic N) is 1. The molecule has 4 rings (SSSR count). The van der Waals surface area contributed by atoms with Crippen molar-refractivity contribution in [2.75, 3.05) is 5.32 Å². The predicted molar refractivity (Wildman–Crippen MR) is 126 cm³/mol. The van der Waals surface area contributed by atoms with E-state index in [9.17, 15) is 19.1 Å². The highest BCUT2D eigenvalue weighted by Crippen LogP contribution is 2.34. The minimum absolute atomic E-state index is 0.0763. The SMILES string of the molecule is Cc1ccc(NC(=O)c2ccc(F)c(Cl)c2)cc1OCc1csc2c(C(=O)O)cnc(Cl)c12. The second-order valence-electron chi connectivity index (χ2n) is 7.08. The van der Waals surface area contributed by atoms with E-state index < -0.39 is 17.7 Å². The molecule has 10 heteroatoms. The second kappa shape index (κ2) is 9.35. The van der Waals surface area contributed by atoms with Crippen LogP contribution < -0.4 is 10.1 Å². The van der Waals surface area contributed by atoms with Crippen LogP contribution in [0.5, 0.6) is 5.75 Å². The highest BCUT2D eigenvalue weighted by atomic mass is 35.5. The number of rotatable bonds is 6. The third-order valence-electron chi connectivity index (χ3n) is 4.87. The smallest absolute Gasteiger partial charge is 0.338 e. The Morgan fingerprint density at radius 2 is 2.00 bits per heavy atom. The minimum Gasteiger partial charge on any atom is -0.489 e. The van der Waals surface area contributed by atoms with Crippen LogP contribution in [0.2, 0.25) is 10.2 Å². The Balaban J connectivity index is 1.54. The molecule has 0 radical (unpaired) electrons. The Morgan fingerprint density at radius 1 is 1.21 bits per heavy atom. The van der Waals surface area contributed by atoms with Crippen molar-refractivity contribution in [3.05, 3.63) is 86.2 Å². The fourth-order valence-corrected chi connectivity index (χ4v) is 4.71. The Labute approximate surface area is 201 Å². The van der Waals surface area contributed by atoms with Gasteiger partial charge in [0, 0.05) is 34.5 Å². The minimum atomic E-state index is -1.08. The molecule has 0 aliphatic carbocycles. The summed E-state index contributed by atoms with van der Waals surface area (Å²) in [6.07, 6.45) is 1.23. The molecule has 0 spiro atoms. The lowest BCUT2D eigenvalue weighted by Gasteiger charge is -2.12. The molecule has 168 valence electrons. The topological polar surface area (TPSA) is 88.5 Å². The van der Waals surface area contributed by atoms with Crippen LogP contribution in [0, 0.1) is 12.7 Å². The number of aromatic carboxylic acids is 1. The molecule has 4 aromatic rings. The molecule has 2 N–H and O–H groups in total. The van der Waals surface area contributed by atoms with E-state index in [0.717, 1.165) is 11.6 Å². The Kier molecular flexibility index (Phi) is 6.51. The molecule has 0 fully saturated rings. The van der Waals surface area contributed by atoms with E-state index in [1.54, 1.807) is 23.6 Å². The average molecular weight is 505 g/mol. The number of pyridine rings is 1. The number of nitrogens with one attached hydrogen (secondary N) is 1. The largest absolute Gasteiger partial charge is 0.489 e. The number of thiophene rings is 1. The maximum atomic E-state index is 13.4. The van der Waals surface area contributed by atoms with Crippen molar-refractivity contribution in [2.24, 2.45) is 0 Å². The monoisotopic (exact) mass is 504 g/mol. The van der Waals surface area contributed by atoms with Gasteiger partial charge >= 0.3 is 5.97 Å². The van der Waals surface area contributed by atoms with Crippen LogP contribution in [0.15, 0.2) is 48.0 Å². The number of hydrogen-bond donors (Lipinski definition) is 2. The average Bonchev–Trinajstić information content (AvgIpc) is 3.20. The van der Waals surface area contributed by atoms with Gasteiger partial charge in [-0.05, 0) is 42.1 Å². The fourth-order valence-electron chi connectivity index (χ4n) is 3.15. The number of carbonyl (C=O) groups is 2. The molecule has 33 heavy (non-hydrogen) atoms.